The average Bonchev–Trinajstić information content (AvgIpc) is 3.00. The number of hydrogen-bond acceptors (Lipinski definition) is 2. The molecule has 3 aromatic carbocycles. The van der Waals surface area contributed by atoms with E-state index in [1.54, 1.807) is 6.07 Å². The lowest BCUT2D eigenvalue weighted by molar-refractivity contribution is 0.628. The van der Waals surface area contributed by atoms with E-state index in [0.717, 1.165) is 5.69 Å². The zero-order valence-electron chi connectivity index (χ0n) is 14.6. The lowest BCUT2D eigenvalue weighted by Gasteiger charge is -2.20. The fraction of sp³-hybridized carbons (Fsp3) is 0.182. The maximum atomic E-state index is 14.3. The summed E-state index contributed by atoms with van der Waals surface area (Å²) in [5, 5.41) is 2.53. The summed E-state index contributed by atoms with van der Waals surface area (Å²) in [6.07, 6.45) is 0. The van der Waals surface area contributed by atoms with E-state index in [1.807, 2.05) is 35.4 Å². The van der Waals surface area contributed by atoms with Gasteiger partial charge in [0.15, 0.2) is 0 Å². The van der Waals surface area contributed by atoms with E-state index in [1.165, 1.54) is 31.8 Å². The lowest BCUT2D eigenvalue weighted by atomic mass is 10.0. The highest BCUT2D eigenvalue weighted by molar-refractivity contribution is 7.26. The quantitative estimate of drug-likeness (QED) is 0.382. The van der Waals surface area contributed by atoms with Crippen LogP contribution in [-0.2, 0) is 0 Å². The van der Waals surface area contributed by atoms with Gasteiger partial charge >= 0.3 is 0 Å². The van der Waals surface area contributed by atoms with Gasteiger partial charge in [0.05, 0.1) is 16.1 Å². The number of anilines is 2. The number of benzene rings is 3. The van der Waals surface area contributed by atoms with Crippen LogP contribution in [0.25, 0.3) is 20.2 Å². The Hall–Kier alpha value is -2.39. The molecule has 0 saturated carbocycles. The molecule has 1 nitrogen and oxygen atoms in total. The van der Waals surface area contributed by atoms with E-state index in [-0.39, 0.29) is 5.82 Å². The standard InChI is InChI=1S/C22H20FNS/c1-14(2)15-8-6-9-16-17-10-7-13-20(22(17)25-21(15)16)24(3)19-12-5-4-11-18(19)23/h4-14H,1-3H3. The summed E-state index contributed by atoms with van der Waals surface area (Å²) in [5.74, 6) is 0.274. The molecule has 0 saturated heterocycles. The Morgan fingerprint density at radius 1 is 0.800 bits per heavy atom. The van der Waals surface area contributed by atoms with Gasteiger partial charge < -0.3 is 4.90 Å². The van der Waals surface area contributed by atoms with Gasteiger partial charge in [-0.1, -0.05) is 56.3 Å². The van der Waals surface area contributed by atoms with Crippen LogP contribution in [0.5, 0.6) is 0 Å². The molecule has 0 spiro atoms. The first-order valence-electron chi connectivity index (χ1n) is 8.50. The number of para-hydroxylation sites is 1. The Morgan fingerprint density at radius 3 is 2.16 bits per heavy atom. The van der Waals surface area contributed by atoms with Crippen molar-refractivity contribution in [2.24, 2.45) is 0 Å². The van der Waals surface area contributed by atoms with Gasteiger partial charge in [0.2, 0.25) is 0 Å². The summed E-state index contributed by atoms with van der Waals surface area (Å²) in [7, 11) is 1.93. The number of thiophene rings is 1. The maximum Gasteiger partial charge on any atom is 0.146 e. The number of rotatable bonds is 3. The van der Waals surface area contributed by atoms with Crippen molar-refractivity contribution in [1.29, 1.82) is 0 Å². The van der Waals surface area contributed by atoms with Crippen LogP contribution in [0.4, 0.5) is 15.8 Å². The lowest BCUT2D eigenvalue weighted by Crippen LogP contribution is -2.11. The van der Waals surface area contributed by atoms with Crippen molar-refractivity contribution >= 4 is 42.9 Å². The van der Waals surface area contributed by atoms with Crippen molar-refractivity contribution < 1.29 is 4.39 Å². The maximum absolute atomic E-state index is 14.3. The molecule has 1 heterocycles. The molecule has 0 aliphatic heterocycles. The van der Waals surface area contributed by atoms with Crippen molar-refractivity contribution in [3.63, 3.8) is 0 Å². The van der Waals surface area contributed by atoms with E-state index >= 15 is 0 Å². The van der Waals surface area contributed by atoms with Crippen LogP contribution in [0.1, 0.15) is 25.3 Å². The normalized spacial score (nSPS) is 11.6. The van der Waals surface area contributed by atoms with E-state index in [4.69, 9.17) is 0 Å². The van der Waals surface area contributed by atoms with E-state index in [9.17, 15) is 4.39 Å². The molecule has 0 bridgehead atoms. The van der Waals surface area contributed by atoms with Gasteiger partial charge in [-0.3, -0.25) is 0 Å². The molecule has 0 aliphatic carbocycles. The van der Waals surface area contributed by atoms with Gasteiger partial charge in [0.1, 0.15) is 5.82 Å². The highest BCUT2D eigenvalue weighted by Gasteiger charge is 2.16. The monoisotopic (exact) mass is 349 g/mol. The van der Waals surface area contributed by atoms with Crippen LogP contribution in [0, 0.1) is 5.82 Å². The topological polar surface area (TPSA) is 3.24 Å². The smallest absolute Gasteiger partial charge is 0.146 e. The van der Waals surface area contributed by atoms with Crippen molar-refractivity contribution in [2.45, 2.75) is 19.8 Å². The molecule has 0 radical (unpaired) electrons. The second-order valence-corrected chi connectivity index (χ2v) is 7.67. The van der Waals surface area contributed by atoms with E-state index in [0.29, 0.717) is 11.6 Å². The fourth-order valence-electron chi connectivity index (χ4n) is 3.40. The second kappa shape index (κ2) is 6.16. The summed E-state index contributed by atoms with van der Waals surface area (Å²) in [5.41, 5.74) is 3.01. The third-order valence-corrected chi connectivity index (χ3v) is 6.02. The first kappa shape index (κ1) is 16.1. The minimum Gasteiger partial charge on any atom is -0.341 e. The van der Waals surface area contributed by atoms with Crippen molar-refractivity contribution in [3.8, 4) is 0 Å². The summed E-state index contributed by atoms with van der Waals surface area (Å²) in [6.45, 7) is 4.46. The van der Waals surface area contributed by atoms with Crippen molar-refractivity contribution in [2.75, 3.05) is 11.9 Å². The summed E-state index contributed by atoms with van der Waals surface area (Å²) >= 11 is 1.81. The average molecular weight is 349 g/mol. The Balaban J connectivity index is 1.98. The summed E-state index contributed by atoms with van der Waals surface area (Å²) in [4.78, 5) is 1.95. The van der Waals surface area contributed by atoms with Crippen LogP contribution in [-0.4, -0.2) is 7.05 Å². The van der Waals surface area contributed by atoms with Gasteiger partial charge in [0.25, 0.3) is 0 Å². The molecule has 3 heteroatoms. The van der Waals surface area contributed by atoms with Gasteiger partial charge in [0, 0.05) is 22.5 Å². The van der Waals surface area contributed by atoms with Crippen LogP contribution < -0.4 is 4.90 Å². The minimum absolute atomic E-state index is 0.203. The van der Waals surface area contributed by atoms with Crippen LogP contribution in [0.2, 0.25) is 0 Å². The largest absolute Gasteiger partial charge is 0.341 e. The molecule has 0 aliphatic rings. The van der Waals surface area contributed by atoms with Crippen LogP contribution in [0.3, 0.4) is 0 Å². The minimum atomic E-state index is -0.203. The Morgan fingerprint density at radius 2 is 1.44 bits per heavy atom. The molecule has 0 amide bonds. The van der Waals surface area contributed by atoms with Crippen LogP contribution in [0.15, 0.2) is 60.7 Å². The second-order valence-electron chi connectivity index (χ2n) is 6.64. The zero-order valence-corrected chi connectivity index (χ0v) is 15.4. The van der Waals surface area contributed by atoms with Crippen molar-refractivity contribution in [3.05, 3.63) is 72.0 Å². The predicted octanol–water partition coefficient (Wildman–Crippen LogP) is 7.08. The number of hydrogen-bond donors (Lipinski definition) is 0. The third kappa shape index (κ3) is 2.59. The molecule has 0 N–H and O–H groups in total. The number of halogens is 1. The highest BCUT2D eigenvalue weighted by atomic mass is 32.1. The molecule has 126 valence electrons. The van der Waals surface area contributed by atoms with Gasteiger partial charge in [-0.05, 0) is 29.7 Å². The number of fused-ring (bicyclic) bond motifs is 3. The summed E-state index contributed by atoms with van der Waals surface area (Å²) < 4.78 is 16.8. The SMILES string of the molecule is CC(C)c1cccc2c1sc1c(N(C)c3ccccc3F)cccc12. The van der Waals surface area contributed by atoms with Gasteiger partial charge in [-0.2, -0.15) is 0 Å². The molecule has 25 heavy (non-hydrogen) atoms. The number of nitrogens with zero attached hydrogens (tertiary/aromatic N) is 1. The molecule has 0 atom stereocenters. The van der Waals surface area contributed by atoms with Gasteiger partial charge in [-0.25, -0.2) is 4.39 Å². The fourth-order valence-corrected chi connectivity index (χ4v) is 4.91. The van der Waals surface area contributed by atoms with E-state index < -0.39 is 0 Å². The molecule has 1 aromatic heterocycles. The molecule has 4 aromatic rings. The zero-order chi connectivity index (χ0) is 17.6. The molecule has 0 unspecified atom stereocenters. The predicted molar refractivity (Wildman–Crippen MR) is 108 cm³/mol. The molecule has 0 fully saturated rings. The van der Waals surface area contributed by atoms with E-state index in [2.05, 4.69) is 50.2 Å². The Kier molecular flexibility index (Phi) is 3.97. The summed E-state index contributed by atoms with van der Waals surface area (Å²) in [6, 6.07) is 19.7. The van der Waals surface area contributed by atoms with Gasteiger partial charge in [-0.15, -0.1) is 11.3 Å². The third-order valence-electron chi connectivity index (χ3n) is 4.73. The van der Waals surface area contributed by atoms with Crippen molar-refractivity contribution in [1.82, 2.24) is 0 Å². The first-order valence-corrected chi connectivity index (χ1v) is 9.32. The molecular weight excluding hydrogens is 329 g/mol. The van der Waals surface area contributed by atoms with Crippen LogP contribution >= 0.6 is 11.3 Å². The highest BCUT2D eigenvalue weighted by Crippen LogP contribution is 2.43. The molecular formula is C22H20FNS. The first-order chi connectivity index (χ1) is 12.1. The Bertz CT molecular complexity index is 1060. The molecule has 4 rings (SSSR count). The Labute approximate surface area is 151 Å².